The number of rotatable bonds is 6. The molecular formula is C22H24Cl2N2O2. The third-order valence-corrected chi connectivity index (χ3v) is 5.76. The van der Waals surface area contributed by atoms with Crippen molar-refractivity contribution in [3.8, 4) is 0 Å². The van der Waals surface area contributed by atoms with Crippen LogP contribution >= 0.6 is 23.2 Å². The van der Waals surface area contributed by atoms with E-state index in [4.69, 9.17) is 23.2 Å². The average Bonchev–Trinajstić information content (AvgIpc) is 2.75. The second kappa shape index (κ2) is 9.94. The Bertz CT molecular complexity index is 729. The fraction of sp³-hybridized carbons (Fsp3) is 0.364. The first-order valence-electron chi connectivity index (χ1n) is 9.50. The smallest absolute Gasteiger partial charge is 0.251 e. The summed E-state index contributed by atoms with van der Waals surface area (Å²) >= 11 is 11.6. The zero-order chi connectivity index (χ0) is 19.9. The molecule has 2 aromatic carbocycles. The molecule has 1 aliphatic carbocycles. The molecule has 2 aromatic rings. The number of amides is 2. The van der Waals surface area contributed by atoms with Crippen LogP contribution < -0.4 is 10.6 Å². The summed E-state index contributed by atoms with van der Waals surface area (Å²) in [6.45, 7) is 0. The van der Waals surface area contributed by atoms with Gasteiger partial charge in [0.2, 0.25) is 0 Å². The van der Waals surface area contributed by atoms with Crippen molar-refractivity contribution in [2.75, 3.05) is 0 Å². The summed E-state index contributed by atoms with van der Waals surface area (Å²) in [7, 11) is 0. The predicted octanol–water partition coefficient (Wildman–Crippen LogP) is 4.64. The van der Waals surface area contributed by atoms with Crippen molar-refractivity contribution in [3.05, 3.63) is 70.8 Å². The lowest BCUT2D eigenvalue weighted by molar-refractivity contribution is 0.0892. The molecule has 0 atom stereocenters. The van der Waals surface area contributed by atoms with Crippen LogP contribution in [0.25, 0.3) is 0 Å². The summed E-state index contributed by atoms with van der Waals surface area (Å²) in [5, 5.41) is 6.19. The Kier molecular flexibility index (Phi) is 7.35. The van der Waals surface area contributed by atoms with Gasteiger partial charge in [0.05, 0.1) is 0 Å². The largest absolute Gasteiger partial charge is 0.349 e. The summed E-state index contributed by atoms with van der Waals surface area (Å²) in [5.41, 5.74) is 3.27. The average molecular weight is 419 g/mol. The van der Waals surface area contributed by atoms with Crippen LogP contribution in [0.2, 0.25) is 0 Å². The summed E-state index contributed by atoms with van der Waals surface area (Å²) in [6, 6.07) is 14.9. The quantitative estimate of drug-likeness (QED) is 0.671. The Morgan fingerprint density at radius 2 is 1.00 bits per heavy atom. The van der Waals surface area contributed by atoms with Crippen LogP contribution in [-0.4, -0.2) is 23.9 Å². The summed E-state index contributed by atoms with van der Waals surface area (Å²) in [6.07, 6.45) is 3.40. The zero-order valence-electron chi connectivity index (χ0n) is 15.6. The number of hydrogen-bond donors (Lipinski definition) is 2. The number of carbonyl (C=O) groups excluding carboxylic acids is 2. The Labute approximate surface area is 175 Å². The molecule has 0 saturated heterocycles. The summed E-state index contributed by atoms with van der Waals surface area (Å²) < 4.78 is 0. The molecule has 0 aliphatic heterocycles. The maximum Gasteiger partial charge on any atom is 0.251 e. The molecule has 4 nitrogen and oxygen atoms in total. The van der Waals surface area contributed by atoms with Crippen molar-refractivity contribution in [3.63, 3.8) is 0 Å². The molecule has 1 fully saturated rings. The lowest BCUT2D eigenvalue weighted by Crippen LogP contribution is -2.43. The molecule has 0 bridgehead atoms. The van der Waals surface area contributed by atoms with Gasteiger partial charge < -0.3 is 10.6 Å². The van der Waals surface area contributed by atoms with Gasteiger partial charge in [-0.1, -0.05) is 24.3 Å². The van der Waals surface area contributed by atoms with E-state index in [0.717, 1.165) is 36.8 Å². The predicted molar refractivity (Wildman–Crippen MR) is 113 cm³/mol. The van der Waals surface area contributed by atoms with Crippen LogP contribution in [0.4, 0.5) is 0 Å². The van der Waals surface area contributed by atoms with E-state index in [1.165, 1.54) is 0 Å². The highest BCUT2D eigenvalue weighted by Crippen LogP contribution is 2.20. The van der Waals surface area contributed by atoms with Crippen molar-refractivity contribution in [1.29, 1.82) is 0 Å². The van der Waals surface area contributed by atoms with Crippen LogP contribution in [0.3, 0.4) is 0 Å². The van der Waals surface area contributed by atoms with Crippen LogP contribution in [0.1, 0.15) is 57.5 Å². The second-order valence-electron chi connectivity index (χ2n) is 7.16. The molecule has 2 N–H and O–H groups in total. The van der Waals surface area contributed by atoms with Crippen molar-refractivity contribution in [2.24, 2.45) is 0 Å². The van der Waals surface area contributed by atoms with Crippen LogP contribution in [0, 0.1) is 0 Å². The molecule has 1 aliphatic rings. The molecule has 0 spiro atoms. The van der Waals surface area contributed by atoms with E-state index in [1.54, 1.807) is 24.3 Å². The van der Waals surface area contributed by atoms with Gasteiger partial charge in [0.1, 0.15) is 0 Å². The second-order valence-corrected chi connectivity index (χ2v) is 7.69. The van der Waals surface area contributed by atoms with Gasteiger partial charge in [-0.3, -0.25) is 9.59 Å². The van der Waals surface area contributed by atoms with Gasteiger partial charge in [0.25, 0.3) is 11.8 Å². The lowest BCUT2D eigenvalue weighted by atomic mass is 9.90. The number of alkyl halides is 2. The highest BCUT2D eigenvalue weighted by atomic mass is 35.5. The van der Waals surface area contributed by atoms with E-state index in [1.807, 2.05) is 24.3 Å². The van der Waals surface area contributed by atoms with Gasteiger partial charge >= 0.3 is 0 Å². The van der Waals surface area contributed by atoms with E-state index in [-0.39, 0.29) is 23.9 Å². The molecule has 2 amide bonds. The monoisotopic (exact) mass is 418 g/mol. The Hall–Kier alpha value is -2.04. The van der Waals surface area contributed by atoms with Gasteiger partial charge in [0.15, 0.2) is 0 Å². The molecule has 0 radical (unpaired) electrons. The van der Waals surface area contributed by atoms with Gasteiger partial charge in [-0.2, -0.15) is 0 Å². The number of carbonyl (C=O) groups is 2. The normalized spacial score (nSPS) is 19.1. The van der Waals surface area contributed by atoms with Crippen molar-refractivity contribution in [1.82, 2.24) is 10.6 Å². The van der Waals surface area contributed by atoms with Gasteiger partial charge in [-0.25, -0.2) is 0 Å². The first-order valence-corrected chi connectivity index (χ1v) is 10.6. The van der Waals surface area contributed by atoms with Crippen molar-refractivity contribution < 1.29 is 9.59 Å². The van der Waals surface area contributed by atoms with Crippen molar-refractivity contribution >= 4 is 35.0 Å². The molecule has 6 heteroatoms. The van der Waals surface area contributed by atoms with E-state index in [0.29, 0.717) is 22.9 Å². The fourth-order valence-corrected chi connectivity index (χ4v) is 3.77. The maximum absolute atomic E-state index is 12.4. The SMILES string of the molecule is O=C(NC1CCC(NC(=O)c2ccc(CCl)cc2)CC1)c1ccc(CCl)cc1. The van der Waals surface area contributed by atoms with Crippen molar-refractivity contribution in [2.45, 2.75) is 49.5 Å². The highest BCUT2D eigenvalue weighted by molar-refractivity contribution is 6.17. The number of nitrogens with one attached hydrogen (secondary N) is 2. The maximum atomic E-state index is 12.4. The van der Waals surface area contributed by atoms with Crippen LogP contribution in [-0.2, 0) is 11.8 Å². The minimum atomic E-state index is -0.0620. The third-order valence-electron chi connectivity index (χ3n) is 5.14. The minimum absolute atomic E-state index is 0.0620. The summed E-state index contributed by atoms with van der Waals surface area (Å²) in [5.74, 6) is 0.754. The lowest BCUT2D eigenvalue weighted by Gasteiger charge is -2.29. The molecule has 1 saturated carbocycles. The van der Waals surface area contributed by atoms with Gasteiger partial charge in [-0.05, 0) is 61.1 Å². The van der Waals surface area contributed by atoms with Gasteiger partial charge in [0, 0.05) is 35.0 Å². The standard InChI is InChI=1S/C22H24Cl2N2O2/c23-13-15-1-5-17(6-2-15)21(27)25-19-9-11-20(12-10-19)26-22(28)18-7-3-16(14-24)4-8-18/h1-8,19-20H,9-14H2,(H,25,27)(H,26,28). The van der Waals surface area contributed by atoms with E-state index >= 15 is 0 Å². The Morgan fingerprint density at radius 1 is 0.679 bits per heavy atom. The molecular weight excluding hydrogens is 395 g/mol. The van der Waals surface area contributed by atoms with E-state index in [9.17, 15) is 9.59 Å². The molecule has 0 unspecified atom stereocenters. The number of halogens is 2. The highest BCUT2D eigenvalue weighted by Gasteiger charge is 2.24. The van der Waals surface area contributed by atoms with E-state index < -0.39 is 0 Å². The van der Waals surface area contributed by atoms with Gasteiger partial charge in [-0.15, -0.1) is 23.2 Å². The minimum Gasteiger partial charge on any atom is -0.349 e. The molecule has 0 aromatic heterocycles. The molecule has 0 heterocycles. The topological polar surface area (TPSA) is 58.2 Å². The Morgan fingerprint density at radius 3 is 1.29 bits per heavy atom. The van der Waals surface area contributed by atoms with E-state index in [2.05, 4.69) is 10.6 Å². The number of hydrogen-bond acceptors (Lipinski definition) is 2. The molecule has 148 valence electrons. The fourth-order valence-electron chi connectivity index (χ4n) is 3.41. The zero-order valence-corrected chi connectivity index (χ0v) is 17.1. The van der Waals surface area contributed by atoms with Crippen LogP contribution in [0.15, 0.2) is 48.5 Å². The van der Waals surface area contributed by atoms with Crippen LogP contribution in [0.5, 0.6) is 0 Å². The first kappa shape index (κ1) is 20.7. The molecule has 3 rings (SSSR count). The summed E-state index contributed by atoms with van der Waals surface area (Å²) in [4.78, 5) is 24.8. The first-order chi connectivity index (χ1) is 13.6. The third kappa shape index (κ3) is 5.49. The number of benzene rings is 2. The Balaban J connectivity index is 1.45. The molecule has 28 heavy (non-hydrogen) atoms.